The van der Waals surface area contributed by atoms with E-state index in [1.54, 1.807) is 6.08 Å². The van der Waals surface area contributed by atoms with Crippen molar-refractivity contribution in [1.29, 1.82) is 0 Å². The average molecular weight is 175 g/mol. The van der Waals surface area contributed by atoms with E-state index in [4.69, 9.17) is 5.73 Å². The number of hydrogen-bond acceptors (Lipinski definition) is 1. The van der Waals surface area contributed by atoms with E-state index >= 15 is 0 Å². The molecule has 0 aliphatic rings. The Labute approximate surface area is 78.1 Å². The van der Waals surface area contributed by atoms with E-state index in [0.29, 0.717) is 0 Å². The van der Waals surface area contributed by atoms with Gasteiger partial charge in [-0.1, -0.05) is 18.2 Å². The van der Waals surface area contributed by atoms with Gasteiger partial charge in [0, 0.05) is 6.08 Å². The molecule has 0 atom stereocenters. The molecule has 0 heterocycles. The second-order valence-corrected chi connectivity index (χ2v) is 3.04. The van der Waals surface area contributed by atoms with Crippen molar-refractivity contribution < 1.29 is 4.79 Å². The van der Waals surface area contributed by atoms with E-state index in [9.17, 15) is 4.79 Å². The second kappa shape index (κ2) is 3.90. The molecular formula is C11H13NO. The van der Waals surface area contributed by atoms with Crippen LogP contribution < -0.4 is 5.73 Å². The average Bonchev–Trinajstić information content (AvgIpc) is 2.03. The zero-order valence-electron chi connectivity index (χ0n) is 7.87. The lowest BCUT2D eigenvalue weighted by Crippen LogP contribution is -2.05. The molecule has 1 rings (SSSR count). The van der Waals surface area contributed by atoms with Crippen molar-refractivity contribution in [2.75, 3.05) is 0 Å². The molecule has 0 saturated carbocycles. The lowest BCUT2D eigenvalue weighted by molar-refractivity contribution is -0.113. The number of benzene rings is 1. The van der Waals surface area contributed by atoms with Crippen molar-refractivity contribution >= 4 is 12.0 Å². The molecule has 0 aromatic heterocycles. The summed E-state index contributed by atoms with van der Waals surface area (Å²) in [6.45, 7) is 4.02. The number of carbonyl (C=O) groups excluding carboxylic acids is 1. The Kier molecular flexibility index (Phi) is 2.85. The zero-order valence-corrected chi connectivity index (χ0v) is 7.87. The van der Waals surface area contributed by atoms with Crippen LogP contribution in [0.25, 0.3) is 6.08 Å². The molecule has 0 aliphatic heterocycles. The molecule has 2 N–H and O–H groups in total. The predicted octanol–water partition coefficient (Wildman–Crippen LogP) is 1.80. The van der Waals surface area contributed by atoms with Crippen LogP contribution in [0.3, 0.4) is 0 Å². The van der Waals surface area contributed by atoms with Gasteiger partial charge in [0.15, 0.2) is 0 Å². The first-order chi connectivity index (χ1) is 6.11. The summed E-state index contributed by atoms with van der Waals surface area (Å²) in [6, 6.07) is 6.01. The monoisotopic (exact) mass is 175 g/mol. The summed E-state index contributed by atoms with van der Waals surface area (Å²) in [7, 11) is 0. The van der Waals surface area contributed by atoms with E-state index < -0.39 is 5.91 Å². The zero-order chi connectivity index (χ0) is 9.84. The minimum absolute atomic E-state index is 0.414. The van der Waals surface area contributed by atoms with Gasteiger partial charge in [-0.25, -0.2) is 0 Å². The number of amides is 1. The van der Waals surface area contributed by atoms with Crippen LogP contribution in [0.15, 0.2) is 24.3 Å². The van der Waals surface area contributed by atoms with Crippen LogP contribution in [-0.4, -0.2) is 5.91 Å². The van der Waals surface area contributed by atoms with Crippen molar-refractivity contribution in [3.05, 3.63) is 41.0 Å². The minimum Gasteiger partial charge on any atom is -0.366 e. The van der Waals surface area contributed by atoms with E-state index in [1.165, 1.54) is 6.08 Å². The highest BCUT2D eigenvalue weighted by Crippen LogP contribution is 2.14. The van der Waals surface area contributed by atoms with E-state index in [2.05, 4.69) is 0 Å². The first-order valence-corrected chi connectivity index (χ1v) is 4.15. The Bertz CT molecular complexity index is 333. The molecule has 1 amide bonds. The van der Waals surface area contributed by atoms with Gasteiger partial charge < -0.3 is 5.73 Å². The SMILES string of the molecule is Cc1cccc(C)c1/C=C/C(N)=O. The van der Waals surface area contributed by atoms with Gasteiger partial charge in [-0.15, -0.1) is 0 Å². The van der Waals surface area contributed by atoms with Gasteiger partial charge in [-0.3, -0.25) is 4.79 Å². The summed E-state index contributed by atoms with van der Waals surface area (Å²) in [5, 5.41) is 0. The number of rotatable bonds is 2. The normalized spacial score (nSPS) is 10.6. The first kappa shape index (κ1) is 9.52. The number of carbonyl (C=O) groups is 1. The Morgan fingerprint density at radius 1 is 1.31 bits per heavy atom. The third kappa shape index (κ3) is 2.44. The molecule has 2 nitrogen and oxygen atoms in total. The fourth-order valence-electron chi connectivity index (χ4n) is 1.26. The standard InChI is InChI=1S/C11H13NO/c1-8-4-3-5-9(2)10(8)6-7-11(12)13/h3-7H,1-2H3,(H2,12,13)/b7-6+. The smallest absolute Gasteiger partial charge is 0.241 e. The Hall–Kier alpha value is -1.57. The predicted molar refractivity (Wildman–Crippen MR) is 54.1 cm³/mol. The van der Waals surface area contributed by atoms with Gasteiger partial charge in [0.2, 0.25) is 5.91 Å². The van der Waals surface area contributed by atoms with E-state index in [0.717, 1.165) is 16.7 Å². The highest BCUT2D eigenvalue weighted by molar-refractivity contribution is 5.90. The summed E-state index contributed by atoms with van der Waals surface area (Å²) < 4.78 is 0. The Morgan fingerprint density at radius 3 is 2.31 bits per heavy atom. The van der Waals surface area contributed by atoms with Gasteiger partial charge in [-0.05, 0) is 36.6 Å². The lowest BCUT2D eigenvalue weighted by Gasteiger charge is -2.03. The third-order valence-electron chi connectivity index (χ3n) is 1.96. The van der Waals surface area contributed by atoms with Gasteiger partial charge >= 0.3 is 0 Å². The topological polar surface area (TPSA) is 43.1 Å². The van der Waals surface area contributed by atoms with Crippen LogP contribution in [0.1, 0.15) is 16.7 Å². The molecule has 68 valence electrons. The summed E-state index contributed by atoms with van der Waals surface area (Å²) in [4.78, 5) is 10.5. The molecule has 0 spiro atoms. The first-order valence-electron chi connectivity index (χ1n) is 4.15. The Balaban J connectivity index is 3.06. The molecule has 1 aromatic rings. The van der Waals surface area contributed by atoms with Crippen LogP contribution in [0.2, 0.25) is 0 Å². The molecule has 0 unspecified atom stereocenters. The van der Waals surface area contributed by atoms with Crippen LogP contribution >= 0.6 is 0 Å². The van der Waals surface area contributed by atoms with Crippen LogP contribution in [0.4, 0.5) is 0 Å². The largest absolute Gasteiger partial charge is 0.366 e. The summed E-state index contributed by atoms with van der Waals surface area (Å²) in [6.07, 6.45) is 3.14. The molecule has 13 heavy (non-hydrogen) atoms. The van der Waals surface area contributed by atoms with Crippen LogP contribution in [0.5, 0.6) is 0 Å². The maximum atomic E-state index is 10.5. The van der Waals surface area contributed by atoms with E-state index in [-0.39, 0.29) is 0 Å². The summed E-state index contributed by atoms with van der Waals surface area (Å²) >= 11 is 0. The van der Waals surface area contributed by atoms with Gasteiger partial charge in [0.05, 0.1) is 0 Å². The number of primary amides is 1. The highest BCUT2D eigenvalue weighted by atomic mass is 16.1. The van der Waals surface area contributed by atoms with Crippen LogP contribution in [0, 0.1) is 13.8 Å². The summed E-state index contributed by atoms with van der Waals surface area (Å²) in [5.74, 6) is -0.414. The molecule has 0 saturated heterocycles. The molecule has 0 aliphatic carbocycles. The number of hydrogen-bond donors (Lipinski definition) is 1. The highest BCUT2D eigenvalue weighted by Gasteiger charge is 1.97. The van der Waals surface area contributed by atoms with E-state index in [1.807, 2.05) is 32.0 Å². The van der Waals surface area contributed by atoms with Crippen molar-refractivity contribution in [2.45, 2.75) is 13.8 Å². The molecule has 1 aromatic carbocycles. The third-order valence-corrected chi connectivity index (χ3v) is 1.96. The van der Waals surface area contributed by atoms with Crippen LogP contribution in [-0.2, 0) is 4.79 Å². The fourth-order valence-corrected chi connectivity index (χ4v) is 1.26. The molecular weight excluding hydrogens is 162 g/mol. The molecule has 0 fully saturated rings. The van der Waals surface area contributed by atoms with Crippen molar-refractivity contribution in [1.82, 2.24) is 0 Å². The maximum Gasteiger partial charge on any atom is 0.241 e. The number of aryl methyl sites for hydroxylation is 2. The second-order valence-electron chi connectivity index (χ2n) is 3.04. The van der Waals surface area contributed by atoms with Crippen molar-refractivity contribution in [3.8, 4) is 0 Å². The number of nitrogens with two attached hydrogens (primary N) is 1. The quantitative estimate of drug-likeness (QED) is 0.684. The minimum atomic E-state index is -0.414. The fraction of sp³-hybridized carbons (Fsp3) is 0.182. The molecule has 0 bridgehead atoms. The lowest BCUT2D eigenvalue weighted by atomic mass is 10.0. The van der Waals surface area contributed by atoms with Gasteiger partial charge in [-0.2, -0.15) is 0 Å². The van der Waals surface area contributed by atoms with Gasteiger partial charge in [0.1, 0.15) is 0 Å². The van der Waals surface area contributed by atoms with Gasteiger partial charge in [0.25, 0.3) is 0 Å². The molecule has 2 heteroatoms. The van der Waals surface area contributed by atoms with Crippen molar-refractivity contribution in [3.63, 3.8) is 0 Å². The summed E-state index contributed by atoms with van der Waals surface area (Å²) in [5.41, 5.74) is 8.39. The Morgan fingerprint density at radius 2 is 1.85 bits per heavy atom. The molecule has 0 radical (unpaired) electrons. The van der Waals surface area contributed by atoms with Crippen molar-refractivity contribution in [2.24, 2.45) is 5.73 Å². The maximum absolute atomic E-state index is 10.5.